The summed E-state index contributed by atoms with van der Waals surface area (Å²) in [4.78, 5) is 4.53. The van der Waals surface area contributed by atoms with E-state index in [4.69, 9.17) is 5.73 Å². The molecule has 1 heterocycles. The second-order valence-corrected chi connectivity index (χ2v) is 5.62. The van der Waals surface area contributed by atoms with Crippen LogP contribution in [0.2, 0.25) is 0 Å². The summed E-state index contributed by atoms with van der Waals surface area (Å²) in [6.07, 6.45) is -0.0644. The van der Waals surface area contributed by atoms with Crippen molar-refractivity contribution in [2.24, 2.45) is 0 Å². The van der Waals surface area contributed by atoms with Crippen LogP contribution in [-0.4, -0.2) is 44.0 Å². The van der Waals surface area contributed by atoms with Crippen LogP contribution in [0.5, 0.6) is 0 Å². The maximum Gasteiger partial charge on any atom is 0.256 e. The molecule has 19 heavy (non-hydrogen) atoms. The minimum Gasteiger partial charge on any atom is -0.398 e. The summed E-state index contributed by atoms with van der Waals surface area (Å²) in [5.74, 6) is -3.22. The van der Waals surface area contributed by atoms with E-state index in [-0.39, 0.29) is 6.42 Å². The average Bonchev–Trinajstić information content (AvgIpc) is 2.99. The summed E-state index contributed by atoms with van der Waals surface area (Å²) in [5.41, 5.74) is 8.09. The Morgan fingerprint density at radius 2 is 1.84 bits per heavy atom. The Hall–Kier alpha value is -1.36. The fourth-order valence-electron chi connectivity index (χ4n) is 2.69. The van der Waals surface area contributed by atoms with Gasteiger partial charge in [-0.2, -0.15) is 0 Å². The summed E-state index contributed by atoms with van der Waals surface area (Å²) in [6, 6.07) is 5.54. The van der Waals surface area contributed by atoms with Gasteiger partial charge in [0.15, 0.2) is 0 Å². The molecule has 5 heteroatoms. The topological polar surface area (TPSA) is 32.5 Å². The molecule has 3 rings (SSSR count). The summed E-state index contributed by atoms with van der Waals surface area (Å²) >= 11 is 0. The third-order valence-electron chi connectivity index (χ3n) is 4.14. The van der Waals surface area contributed by atoms with E-state index >= 15 is 0 Å². The molecule has 0 aromatic heterocycles. The maximum absolute atomic E-state index is 13.1. The molecule has 2 N–H and O–H groups in total. The number of halogens is 2. The van der Waals surface area contributed by atoms with E-state index in [0.717, 1.165) is 31.9 Å². The van der Waals surface area contributed by atoms with Crippen LogP contribution < -0.4 is 10.6 Å². The van der Waals surface area contributed by atoms with Crippen LogP contribution in [0.1, 0.15) is 17.9 Å². The Labute approximate surface area is 112 Å². The molecule has 1 saturated carbocycles. The predicted molar refractivity (Wildman–Crippen MR) is 72.9 cm³/mol. The van der Waals surface area contributed by atoms with Crippen molar-refractivity contribution < 1.29 is 8.78 Å². The second kappa shape index (κ2) is 4.34. The van der Waals surface area contributed by atoms with Crippen molar-refractivity contribution in [1.29, 1.82) is 0 Å². The first-order valence-corrected chi connectivity index (χ1v) is 6.68. The average molecular weight is 267 g/mol. The molecule has 0 amide bonds. The molecule has 1 aromatic rings. The molecule has 1 saturated heterocycles. The van der Waals surface area contributed by atoms with Crippen LogP contribution in [-0.2, 0) is 0 Å². The smallest absolute Gasteiger partial charge is 0.256 e. The zero-order valence-electron chi connectivity index (χ0n) is 11.1. The number of rotatable bonds is 2. The highest BCUT2D eigenvalue weighted by atomic mass is 19.3. The number of piperazine rings is 1. The van der Waals surface area contributed by atoms with Crippen LogP contribution >= 0.6 is 0 Å². The third kappa shape index (κ3) is 2.39. The van der Waals surface area contributed by atoms with Crippen LogP contribution in [0.4, 0.5) is 20.2 Å². The van der Waals surface area contributed by atoms with E-state index in [1.807, 2.05) is 12.1 Å². The molecule has 3 nitrogen and oxygen atoms in total. The normalized spacial score (nSPS) is 26.5. The lowest BCUT2D eigenvalue weighted by Crippen LogP contribution is -2.44. The lowest BCUT2D eigenvalue weighted by atomic mass is 10.1. The van der Waals surface area contributed by atoms with Crippen molar-refractivity contribution in [3.05, 3.63) is 23.8 Å². The summed E-state index contributed by atoms with van der Waals surface area (Å²) in [6.45, 7) is 3.94. The Morgan fingerprint density at radius 3 is 2.37 bits per heavy atom. The highest BCUT2D eigenvalue weighted by molar-refractivity contribution is 5.62. The minimum absolute atomic E-state index is 0.0644. The van der Waals surface area contributed by atoms with Crippen LogP contribution in [0.25, 0.3) is 0 Å². The van der Waals surface area contributed by atoms with Gasteiger partial charge in [-0.1, -0.05) is 6.07 Å². The molecule has 0 bridgehead atoms. The number of likely N-dealkylation sites (N-methyl/N-ethyl adjacent to an activating group) is 1. The first-order chi connectivity index (χ1) is 8.97. The van der Waals surface area contributed by atoms with Gasteiger partial charge in [0, 0.05) is 44.0 Å². The molecule has 1 unspecified atom stereocenters. The van der Waals surface area contributed by atoms with Gasteiger partial charge in [0.25, 0.3) is 5.92 Å². The molecule has 1 aromatic carbocycles. The van der Waals surface area contributed by atoms with Gasteiger partial charge in [0.2, 0.25) is 0 Å². The number of alkyl halides is 2. The number of anilines is 2. The Balaban J connectivity index is 1.76. The van der Waals surface area contributed by atoms with Gasteiger partial charge in [0.1, 0.15) is 0 Å². The van der Waals surface area contributed by atoms with E-state index in [1.54, 1.807) is 6.07 Å². The largest absolute Gasteiger partial charge is 0.398 e. The molecule has 1 aliphatic carbocycles. The summed E-state index contributed by atoms with van der Waals surface area (Å²) in [7, 11) is 2.10. The zero-order valence-corrected chi connectivity index (χ0v) is 11.1. The lowest BCUT2D eigenvalue weighted by Gasteiger charge is -2.34. The van der Waals surface area contributed by atoms with E-state index in [0.29, 0.717) is 11.3 Å². The molecule has 104 valence electrons. The van der Waals surface area contributed by atoms with Crippen molar-refractivity contribution in [1.82, 2.24) is 4.90 Å². The fraction of sp³-hybridized carbons (Fsp3) is 0.571. The number of nitrogen functional groups attached to an aromatic ring is 1. The maximum atomic E-state index is 13.1. The Kier molecular flexibility index (Phi) is 2.89. The molecule has 1 aliphatic heterocycles. The number of hydrogen-bond donors (Lipinski definition) is 1. The molecule has 2 fully saturated rings. The molecular weight excluding hydrogens is 248 g/mol. The highest BCUT2D eigenvalue weighted by Gasteiger charge is 2.58. The van der Waals surface area contributed by atoms with Crippen molar-refractivity contribution >= 4 is 11.4 Å². The minimum atomic E-state index is -2.55. The second-order valence-electron chi connectivity index (χ2n) is 5.62. The van der Waals surface area contributed by atoms with Gasteiger partial charge >= 0.3 is 0 Å². The Morgan fingerprint density at radius 1 is 1.21 bits per heavy atom. The standard InChI is InChI=1S/C14H19F2N3/c1-18-4-6-19(7-5-18)10-2-3-11(13(17)8-10)12-9-14(12,15)16/h2-3,8,12H,4-7,9,17H2,1H3. The monoisotopic (exact) mass is 267 g/mol. The van der Waals surface area contributed by atoms with Crippen LogP contribution in [0.15, 0.2) is 18.2 Å². The van der Waals surface area contributed by atoms with E-state index < -0.39 is 11.8 Å². The molecule has 0 spiro atoms. The number of benzene rings is 1. The SMILES string of the molecule is CN1CCN(c2ccc(C3CC3(F)F)c(N)c2)CC1. The first kappa shape index (κ1) is 12.7. The van der Waals surface area contributed by atoms with Crippen LogP contribution in [0, 0.1) is 0 Å². The number of nitrogens with two attached hydrogens (primary N) is 1. The van der Waals surface area contributed by atoms with E-state index in [1.165, 1.54) is 0 Å². The van der Waals surface area contributed by atoms with Crippen molar-refractivity contribution in [2.45, 2.75) is 18.3 Å². The Bertz CT molecular complexity index is 482. The van der Waals surface area contributed by atoms with E-state index in [2.05, 4.69) is 16.8 Å². The molecule has 0 radical (unpaired) electrons. The predicted octanol–water partition coefficient (Wildman–Crippen LogP) is 2.14. The van der Waals surface area contributed by atoms with Crippen molar-refractivity contribution in [2.75, 3.05) is 43.9 Å². The van der Waals surface area contributed by atoms with Crippen molar-refractivity contribution in [3.63, 3.8) is 0 Å². The lowest BCUT2D eigenvalue weighted by molar-refractivity contribution is 0.112. The fourth-order valence-corrected chi connectivity index (χ4v) is 2.69. The first-order valence-electron chi connectivity index (χ1n) is 6.68. The van der Waals surface area contributed by atoms with Gasteiger partial charge in [0.05, 0.1) is 5.92 Å². The summed E-state index contributed by atoms with van der Waals surface area (Å²) in [5, 5.41) is 0. The quantitative estimate of drug-likeness (QED) is 0.833. The molecule has 1 atom stereocenters. The van der Waals surface area contributed by atoms with Crippen molar-refractivity contribution in [3.8, 4) is 0 Å². The molecule has 2 aliphatic rings. The van der Waals surface area contributed by atoms with Gasteiger partial charge in [-0.05, 0) is 24.7 Å². The highest BCUT2D eigenvalue weighted by Crippen LogP contribution is 2.57. The number of nitrogens with zero attached hydrogens (tertiary/aromatic N) is 2. The van der Waals surface area contributed by atoms with E-state index in [9.17, 15) is 8.78 Å². The van der Waals surface area contributed by atoms with Gasteiger partial charge in [-0.25, -0.2) is 8.78 Å². The number of hydrogen-bond acceptors (Lipinski definition) is 3. The molecular formula is C14H19F2N3. The van der Waals surface area contributed by atoms with Gasteiger partial charge in [-0.3, -0.25) is 0 Å². The summed E-state index contributed by atoms with van der Waals surface area (Å²) < 4.78 is 26.2. The zero-order chi connectivity index (χ0) is 13.6. The van der Waals surface area contributed by atoms with Crippen LogP contribution in [0.3, 0.4) is 0 Å². The van der Waals surface area contributed by atoms with Gasteiger partial charge in [-0.15, -0.1) is 0 Å². The third-order valence-corrected chi connectivity index (χ3v) is 4.14. The van der Waals surface area contributed by atoms with Gasteiger partial charge < -0.3 is 15.5 Å².